The van der Waals surface area contributed by atoms with Crippen LogP contribution in [0.15, 0.2) is 24.4 Å². The number of fused-ring (bicyclic) bond motifs is 1. The van der Waals surface area contributed by atoms with Crippen molar-refractivity contribution >= 4 is 11.6 Å². The van der Waals surface area contributed by atoms with Crippen molar-refractivity contribution in [2.45, 2.75) is 70.5 Å². The van der Waals surface area contributed by atoms with Crippen molar-refractivity contribution in [3.63, 3.8) is 0 Å². The third-order valence-corrected chi connectivity index (χ3v) is 7.57. The maximum atomic E-state index is 13.5. The highest BCUT2D eigenvalue weighted by Gasteiger charge is 2.31. The SMILES string of the molecule is C[C@H]1CCCN1Cc1c(C(=O)N2CCN(C3CCCCC3)CC2)nc2ccccn12. The number of pyridine rings is 1. The second-order valence-corrected chi connectivity index (χ2v) is 9.42. The quantitative estimate of drug-likeness (QED) is 0.776. The zero-order valence-electron chi connectivity index (χ0n) is 18.3. The molecule has 4 heterocycles. The third kappa shape index (κ3) is 3.87. The molecule has 0 bridgehead atoms. The molecule has 0 unspecified atom stereocenters. The minimum absolute atomic E-state index is 0.115. The molecule has 1 amide bonds. The van der Waals surface area contributed by atoms with Crippen molar-refractivity contribution in [3.05, 3.63) is 35.8 Å². The molecule has 162 valence electrons. The Kier molecular flexibility index (Phi) is 5.79. The Labute approximate surface area is 179 Å². The van der Waals surface area contributed by atoms with Gasteiger partial charge in [0.2, 0.25) is 0 Å². The molecule has 5 rings (SSSR count). The summed E-state index contributed by atoms with van der Waals surface area (Å²) in [6, 6.07) is 7.35. The first-order valence-electron chi connectivity index (χ1n) is 11.9. The predicted molar refractivity (Wildman–Crippen MR) is 119 cm³/mol. The minimum atomic E-state index is 0.115. The molecule has 30 heavy (non-hydrogen) atoms. The molecule has 0 aromatic carbocycles. The first-order valence-corrected chi connectivity index (χ1v) is 11.9. The van der Waals surface area contributed by atoms with Crippen molar-refractivity contribution in [1.29, 1.82) is 0 Å². The Morgan fingerprint density at radius 3 is 2.53 bits per heavy atom. The van der Waals surface area contributed by atoms with Crippen molar-refractivity contribution in [1.82, 2.24) is 24.1 Å². The van der Waals surface area contributed by atoms with Crippen LogP contribution in [0.4, 0.5) is 0 Å². The molecule has 2 aromatic heterocycles. The summed E-state index contributed by atoms with van der Waals surface area (Å²) in [6.45, 7) is 7.85. The fraction of sp³-hybridized carbons (Fsp3) is 0.667. The number of hydrogen-bond donors (Lipinski definition) is 0. The Morgan fingerprint density at radius 1 is 1.00 bits per heavy atom. The number of imidazole rings is 1. The van der Waals surface area contributed by atoms with E-state index in [1.54, 1.807) is 0 Å². The molecule has 0 spiro atoms. The lowest BCUT2D eigenvalue weighted by Crippen LogP contribution is -2.52. The molecule has 1 atom stereocenters. The van der Waals surface area contributed by atoms with E-state index in [9.17, 15) is 4.79 Å². The number of aromatic nitrogens is 2. The van der Waals surface area contributed by atoms with Gasteiger partial charge in [-0.2, -0.15) is 0 Å². The van der Waals surface area contributed by atoms with Gasteiger partial charge in [0.15, 0.2) is 5.69 Å². The van der Waals surface area contributed by atoms with Gasteiger partial charge in [0.25, 0.3) is 5.91 Å². The van der Waals surface area contributed by atoms with Gasteiger partial charge in [-0.15, -0.1) is 0 Å². The molecule has 0 N–H and O–H groups in total. The van der Waals surface area contributed by atoms with Gasteiger partial charge >= 0.3 is 0 Å². The van der Waals surface area contributed by atoms with E-state index in [0.717, 1.165) is 56.7 Å². The lowest BCUT2D eigenvalue weighted by Gasteiger charge is -2.40. The van der Waals surface area contributed by atoms with E-state index in [1.165, 1.54) is 44.9 Å². The minimum Gasteiger partial charge on any atom is -0.335 e. The number of carbonyl (C=O) groups excluding carboxylic acids is 1. The third-order valence-electron chi connectivity index (χ3n) is 7.57. The van der Waals surface area contributed by atoms with Crippen LogP contribution in [-0.2, 0) is 6.54 Å². The maximum Gasteiger partial charge on any atom is 0.274 e. The predicted octanol–water partition coefficient (Wildman–Crippen LogP) is 3.41. The summed E-state index contributed by atoms with van der Waals surface area (Å²) in [5.74, 6) is 0.115. The first kappa shape index (κ1) is 20.0. The van der Waals surface area contributed by atoms with Crippen LogP contribution < -0.4 is 0 Å². The maximum absolute atomic E-state index is 13.5. The number of rotatable bonds is 4. The highest BCUT2D eigenvalue weighted by molar-refractivity contribution is 5.94. The van der Waals surface area contributed by atoms with Gasteiger partial charge in [-0.25, -0.2) is 4.98 Å². The molecular weight excluding hydrogens is 374 g/mol. The van der Waals surface area contributed by atoms with Crippen LogP contribution in [-0.4, -0.2) is 74.8 Å². The Balaban J connectivity index is 1.34. The number of hydrogen-bond acceptors (Lipinski definition) is 4. The molecule has 6 heteroatoms. The molecule has 3 fully saturated rings. The van der Waals surface area contributed by atoms with Gasteiger partial charge in [0.1, 0.15) is 5.65 Å². The standard InChI is InChI=1S/C24H35N5O/c1-19-8-7-12-28(19)18-21-23(25-22-11-5-6-13-29(21)22)24(30)27-16-14-26(15-17-27)20-9-3-2-4-10-20/h5-6,11,13,19-20H,2-4,7-10,12,14-18H2,1H3/t19-/m0/s1. The van der Waals surface area contributed by atoms with E-state index in [-0.39, 0.29) is 5.91 Å². The van der Waals surface area contributed by atoms with E-state index < -0.39 is 0 Å². The smallest absolute Gasteiger partial charge is 0.274 e. The normalized spacial score (nSPS) is 24.7. The fourth-order valence-corrected chi connectivity index (χ4v) is 5.68. The summed E-state index contributed by atoms with van der Waals surface area (Å²) in [5, 5.41) is 0. The molecule has 1 saturated carbocycles. The van der Waals surface area contributed by atoms with Crippen molar-refractivity contribution in [2.75, 3.05) is 32.7 Å². The first-order chi connectivity index (χ1) is 14.7. The molecule has 2 aromatic rings. The number of likely N-dealkylation sites (tertiary alicyclic amines) is 1. The van der Waals surface area contributed by atoms with E-state index in [1.807, 2.05) is 23.1 Å². The summed E-state index contributed by atoms with van der Waals surface area (Å²) in [4.78, 5) is 25.5. The number of amides is 1. The van der Waals surface area contributed by atoms with E-state index in [2.05, 4.69) is 27.3 Å². The van der Waals surface area contributed by atoms with Crippen LogP contribution in [0.25, 0.3) is 5.65 Å². The van der Waals surface area contributed by atoms with Crippen LogP contribution in [0.3, 0.4) is 0 Å². The van der Waals surface area contributed by atoms with Crippen LogP contribution in [0, 0.1) is 0 Å². The molecule has 1 aliphatic carbocycles. The van der Waals surface area contributed by atoms with Crippen LogP contribution >= 0.6 is 0 Å². The average Bonchev–Trinajstić information content (AvgIpc) is 3.38. The summed E-state index contributed by atoms with van der Waals surface area (Å²) < 4.78 is 2.12. The van der Waals surface area contributed by atoms with Crippen LogP contribution in [0.5, 0.6) is 0 Å². The largest absolute Gasteiger partial charge is 0.335 e. The van der Waals surface area contributed by atoms with Gasteiger partial charge in [-0.1, -0.05) is 25.3 Å². The summed E-state index contributed by atoms with van der Waals surface area (Å²) in [6.07, 6.45) is 11.3. The molecule has 2 saturated heterocycles. The van der Waals surface area contributed by atoms with Crippen molar-refractivity contribution in [2.24, 2.45) is 0 Å². The molecule has 6 nitrogen and oxygen atoms in total. The van der Waals surface area contributed by atoms with Gasteiger partial charge < -0.3 is 9.30 Å². The Bertz CT molecular complexity index is 879. The van der Waals surface area contributed by atoms with Crippen molar-refractivity contribution < 1.29 is 4.79 Å². The number of carbonyl (C=O) groups is 1. The van der Waals surface area contributed by atoms with E-state index in [0.29, 0.717) is 11.7 Å². The fourth-order valence-electron chi connectivity index (χ4n) is 5.68. The summed E-state index contributed by atoms with van der Waals surface area (Å²) in [7, 11) is 0. The van der Waals surface area contributed by atoms with E-state index >= 15 is 0 Å². The molecule has 0 radical (unpaired) electrons. The summed E-state index contributed by atoms with van der Waals surface area (Å²) in [5.41, 5.74) is 2.59. The second kappa shape index (κ2) is 8.67. The average molecular weight is 410 g/mol. The monoisotopic (exact) mass is 409 g/mol. The van der Waals surface area contributed by atoms with Crippen LogP contribution in [0.1, 0.15) is 68.1 Å². The Hall–Kier alpha value is -1.92. The number of nitrogens with zero attached hydrogens (tertiary/aromatic N) is 5. The van der Waals surface area contributed by atoms with Gasteiger partial charge in [0.05, 0.1) is 5.69 Å². The second-order valence-electron chi connectivity index (χ2n) is 9.42. The van der Waals surface area contributed by atoms with Crippen molar-refractivity contribution in [3.8, 4) is 0 Å². The lowest BCUT2D eigenvalue weighted by atomic mass is 9.94. The molecule has 2 aliphatic heterocycles. The highest BCUT2D eigenvalue weighted by Crippen LogP contribution is 2.25. The molecular formula is C24H35N5O. The Morgan fingerprint density at radius 2 is 1.80 bits per heavy atom. The van der Waals surface area contributed by atoms with Gasteiger partial charge in [-0.3, -0.25) is 14.6 Å². The van der Waals surface area contributed by atoms with Gasteiger partial charge in [-0.05, 0) is 51.3 Å². The van der Waals surface area contributed by atoms with Gasteiger partial charge in [0, 0.05) is 51.0 Å². The lowest BCUT2D eigenvalue weighted by molar-refractivity contribution is 0.0517. The topological polar surface area (TPSA) is 44.1 Å². The highest BCUT2D eigenvalue weighted by atomic mass is 16.2. The van der Waals surface area contributed by atoms with E-state index in [4.69, 9.17) is 4.98 Å². The zero-order chi connectivity index (χ0) is 20.5. The summed E-state index contributed by atoms with van der Waals surface area (Å²) >= 11 is 0. The number of piperazine rings is 1. The van der Waals surface area contributed by atoms with Crippen LogP contribution in [0.2, 0.25) is 0 Å². The molecule has 3 aliphatic rings. The zero-order valence-corrected chi connectivity index (χ0v) is 18.3.